The molecule has 0 aliphatic carbocycles. The van der Waals surface area contributed by atoms with E-state index in [1.54, 1.807) is 0 Å². The van der Waals surface area contributed by atoms with Crippen LogP contribution in [0.5, 0.6) is 0 Å². The molecule has 0 bridgehead atoms. The van der Waals surface area contributed by atoms with Gasteiger partial charge in [0.25, 0.3) is 0 Å². The van der Waals surface area contributed by atoms with Crippen LogP contribution in [0, 0.1) is 0 Å². The van der Waals surface area contributed by atoms with Gasteiger partial charge in [-0.3, -0.25) is 0 Å². The van der Waals surface area contributed by atoms with Crippen molar-refractivity contribution in [2.45, 2.75) is 6.92 Å². The summed E-state index contributed by atoms with van der Waals surface area (Å²) >= 11 is 0. The summed E-state index contributed by atoms with van der Waals surface area (Å²) in [4.78, 5) is 0. The minimum atomic E-state index is 0.604. The van der Waals surface area contributed by atoms with E-state index in [0.717, 1.165) is 17.1 Å². The molecule has 98 valence electrons. The second kappa shape index (κ2) is 15.0. The van der Waals surface area contributed by atoms with Crippen molar-refractivity contribution in [2.75, 3.05) is 59.5 Å². The van der Waals surface area contributed by atoms with Gasteiger partial charge in [-0.2, -0.15) is 0 Å². The molecule has 0 heterocycles. The lowest BCUT2D eigenvalue weighted by Crippen LogP contribution is -2.12. The first kappa shape index (κ1) is 16.0. The number of hydrogen-bond acceptors (Lipinski definition) is 5. The summed E-state index contributed by atoms with van der Waals surface area (Å²) in [5, 5.41) is 0. The molecule has 0 unspecified atom stereocenters. The minimum absolute atomic E-state index is 0.604. The Kier molecular flexibility index (Phi) is 15.0. The molecule has 0 fully saturated rings. The Hall–Kier alpha value is 0.0169. The van der Waals surface area contributed by atoms with Gasteiger partial charge in [-0.15, -0.1) is 0 Å². The highest BCUT2D eigenvalue weighted by Gasteiger charge is 1.91. The average molecular weight is 252 g/mol. The molecular weight excluding hydrogens is 228 g/mol. The molecule has 0 aromatic carbocycles. The Morgan fingerprint density at radius 3 is 1.38 bits per heavy atom. The summed E-state index contributed by atoms with van der Waals surface area (Å²) in [5.41, 5.74) is 0. The Labute approximate surface area is 101 Å². The van der Waals surface area contributed by atoms with E-state index < -0.39 is 0 Å². The molecule has 0 spiro atoms. The van der Waals surface area contributed by atoms with Crippen molar-refractivity contribution < 1.29 is 23.4 Å². The van der Waals surface area contributed by atoms with E-state index in [1.165, 1.54) is 0 Å². The van der Waals surface area contributed by atoms with Gasteiger partial charge in [-0.25, -0.2) is 0 Å². The number of rotatable bonds is 13. The number of hydrogen-bond donors (Lipinski definition) is 0. The molecule has 6 heteroatoms. The first-order valence-electron chi connectivity index (χ1n) is 5.71. The third-order valence-corrected chi connectivity index (χ3v) is 2.16. The molecule has 0 atom stereocenters. The monoisotopic (exact) mass is 252 g/mol. The molecular formula is C10H24O5Si. The second-order valence-electron chi connectivity index (χ2n) is 3.03. The Morgan fingerprint density at radius 1 is 0.625 bits per heavy atom. The first-order valence-corrected chi connectivity index (χ1v) is 6.53. The summed E-state index contributed by atoms with van der Waals surface area (Å²) in [6.07, 6.45) is 0. The molecule has 0 aliphatic rings. The van der Waals surface area contributed by atoms with Gasteiger partial charge in [-0.05, 0) is 6.92 Å². The van der Waals surface area contributed by atoms with Crippen molar-refractivity contribution in [3.63, 3.8) is 0 Å². The van der Waals surface area contributed by atoms with Crippen LogP contribution in [-0.2, 0) is 23.4 Å². The van der Waals surface area contributed by atoms with E-state index in [1.807, 2.05) is 6.92 Å². The van der Waals surface area contributed by atoms with Crippen LogP contribution in [0.2, 0.25) is 0 Å². The molecule has 0 rings (SSSR count). The van der Waals surface area contributed by atoms with Crippen LogP contribution in [0.4, 0.5) is 0 Å². The highest BCUT2D eigenvalue weighted by molar-refractivity contribution is 5.97. The van der Waals surface area contributed by atoms with E-state index in [0.29, 0.717) is 52.9 Å². The van der Waals surface area contributed by atoms with E-state index in [-0.39, 0.29) is 0 Å². The van der Waals surface area contributed by atoms with Gasteiger partial charge in [-0.1, -0.05) is 0 Å². The summed E-state index contributed by atoms with van der Waals surface area (Å²) in [5.74, 6) is 0. The zero-order valence-corrected chi connectivity index (χ0v) is 12.4. The Morgan fingerprint density at radius 2 is 1.00 bits per heavy atom. The highest BCUT2D eigenvalue weighted by atomic mass is 28.2. The molecule has 0 N–H and O–H groups in total. The fraction of sp³-hybridized carbons (Fsp3) is 1.00. The van der Waals surface area contributed by atoms with Crippen molar-refractivity contribution >= 4 is 10.5 Å². The maximum atomic E-state index is 5.30. The lowest BCUT2D eigenvalue weighted by molar-refractivity contribution is -0.00318. The fourth-order valence-corrected chi connectivity index (χ4v) is 1.11. The topological polar surface area (TPSA) is 46.2 Å². The van der Waals surface area contributed by atoms with Gasteiger partial charge in [0.1, 0.15) is 10.5 Å². The Balaban J connectivity index is 2.83. The van der Waals surface area contributed by atoms with E-state index in [4.69, 9.17) is 23.4 Å². The van der Waals surface area contributed by atoms with E-state index in [2.05, 4.69) is 0 Å². The molecule has 0 saturated heterocycles. The van der Waals surface area contributed by atoms with E-state index in [9.17, 15) is 0 Å². The van der Waals surface area contributed by atoms with Crippen LogP contribution in [0.15, 0.2) is 0 Å². The predicted molar refractivity (Wildman–Crippen MR) is 64.8 cm³/mol. The zero-order valence-electron chi connectivity index (χ0n) is 10.4. The van der Waals surface area contributed by atoms with Crippen LogP contribution in [0.25, 0.3) is 0 Å². The summed E-state index contributed by atoms with van der Waals surface area (Å²) in [6, 6.07) is 0. The van der Waals surface area contributed by atoms with Crippen molar-refractivity contribution in [1.82, 2.24) is 0 Å². The summed E-state index contributed by atoms with van der Waals surface area (Å²) < 4.78 is 25.9. The maximum Gasteiger partial charge on any atom is 0.146 e. The molecule has 0 radical (unpaired) electrons. The van der Waals surface area contributed by atoms with Crippen molar-refractivity contribution in [1.29, 1.82) is 0 Å². The lowest BCUT2D eigenvalue weighted by Gasteiger charge is -2.06. The van der Waals surface area contributed by atoms with E-state index >= 15 is 0 Å². The Bertz CT molecular complexity index is 112. The van der Waals surface area contributed by atoms with Crippen LogP contribution >= 0.6 is 0 Å². The van der Waals surface area contributed by atoms with Crippen LogP contribution in [0.1, 0.15) is 6.92 Å². The normalized spacial score (nSPS) is 11.1. The highest BCUT2D eigenvalue weighted by Crippen LogP contribution is 1.82. The van der Waals surface area contributed by atoms with Gasteiger partial charge < -0.3 is 23.4 Å². The van der Waals surface area contributed by atoms with Crippen molar-refractivity contribution in [3.05, 3.63) is 0 Å². The molecule has 16 heavy (non-hydrogen) atoms. The van der Waals surface area contributed by atoms with Gasteiger partial charge in [0.2, 0.25) is 0 Å². The maximum absolute atomic E-state index is 5.30. The third kappa shape index (κ3) is 14.0. The molecule has 5 nitrogen and oxygen atoms in total. The average Bonchev–Trinajstić information content (AvgIpc) is 2.31. The molecule has 0 amide bonds. The first-order chi connectivity index (χ1) is 7.91. The quantitative estimate of drug-likeness (QED) is 0.323. The third-order valence-electron chi connectivity index (χ3n) is 1.75. The second-order valence-corrected chi connectivity index (χ2v) is 3.60. The summed E-state index contributed by atoms with van der Waals surface area (Å²) in [6.45, 7) is 7.76. The van der Waals surface area contributed by atoms with Crippen molar-refractivity contribution in [2.24, 2.45) is 0 Å². The largest absolute Gasteiger partial charge is 0.426 e. The molecule has 0 aliphatic heterocycles. The minimum Gasteiger partial charge on any atom is -0.426 e. The predicted octanol–water partition coefficient (Wildman–Crippen LogP) is -0.630. The van der Waals surface area contributed by atoms with Crippen LogP contribution < -0.4 is 0 Å². The molecule has 0 aromatic heterocycles. The van der Waals surface area contributed by atoms with Gasteiger partial charge in [0.15, 0.2) is 0 Å². The van der Waals surface area contributed by atoms with Gasteiger partial charge in [0, 0.05) is 6.61 Å². The lowest BCUT2D eigenvalue weighted by atomic mass is 10.7. The van der Waals surface area contributed by atoms with Crippen LogP contribution in [-0.4, -0.2) is 69.9 Å². The number of ether oxygens (including phenoxy) is 4. The molecule has 0 aromatic rings. The smallest absolute Gasteiger partial charge is 0.146 e. The fourth-order valence-electron chi connectivity index (χ4n) is 0.946. The summed E-state index contributed by atoms with van der Waals surface area (Å²) in [7, 11) is 0.772. The SMILES string of the molecule is CCOCCOCCOCCOCCO[SiH3]. The van der Waals surface area contributed by atoms with Crippen LogP contribution in [0.3, 0.4) is 0 Å². The zero-order chi connectivity index (χ0) is 11.9. The van der Waals surface area contributed by atoms with Gasteiger partial charge >= 0.3 is 0 Å². The van der Waals surface area contributed by atoms with Crippen molar-refractivity contribution in [3.8, 4) is 0 Å². The van der Waals surface area contributed by atoms with Gasteiger partial charge in [0.05, 0.1) is 52.9 Å². The standard InChI is InChI=1S/C10H24O5Si/c1-2-11-3-4-12-5-6-13-7-8-14-9-10-15-16/h2-10H2,1,16H3. The molecule has 0 saturated carbocycles.